The lowest BCUT2D eigenvalue weighted by molar-refractivity contribution is -0.365. The smallest absolute Gasteiger partial charge is 0.0962 e. The number of rotatable bonds is 6. The number of hydrogen-bond donors (Lipinski definition) is 0. The lowest BCUT2D eigenvalue weighted by Gasteiger charge is -2.16. The number of hydroxylamine groups is 2. The van der Waals surface area contributed by atoms with Gasteiger partial charge in [0, 0.05) is 7.05 Å². The molecule has 0 saturated heterocycles. The van der Waals surface area contributed by atoms with E-state index in [-0.39, 0.29) is 0 Å². The van der Waals surface area contributed by atoms with E-state index in [0.29, 0.717) is 13.2 Å². The highest BCUT2D eigenvalue weighted by Crippen LogP contribution is 2.05. The standard InChI is InChI=1S/C15H17NO2/c1-16(17-12-14-8-4-2-5-9-14)18-13-15-10-6-3-7-11-15/h2-11H,12-13H2,1H3. The molecule has 0 amide bonds. The summed E-state index contributed by atoms with van der Waals surface area (Å²) in [5.74, 6) is 0. The summed E-state index contributed by atoms with van der Waals surface area (Å²) in [5, 5.41) is 1.40. The summed E-state index contributed by atoms with van der Waals surface area (Å²) in [6, 6.07) is 20.0. The van der Waals surface area contributed by atoms with Crippen LogP contribution in [-0.4, -0.2) is 12.3 Å². The van der Waals surface area contributed by atoms with Crippen LogP contribution in [0.15, 0.2) is 60.7 Å². The minimum absolute atomic E-state index is 0.506. The van der Waals surface area contributed by atoms with Gasteiger partial charge in [0.15, 0.2) is 0 Å². The summed E-state index contributed by atoms with van der Waals surface area (Å²) in [6.45, 7) is 1.01. The molecule has 0 spiro atoms. The predicted octanol–water partition coefficient (Wildman–Crippen LogP) is 3.18. The van der Waals surface area contributed by atoms with Gasteiger partial charge in [-0.1, -0.05) is 65.9 Å². The summed E-state index contributed by atoms with van der Waals surface area (Å²) in [6.07, 6.45) is 0. The third-order valence-corrected chi connectivity index (χ3v) is 2.51. The van der Waals surface area contributed by atoms with E-state index in [1.165, 1.54) is 5.23 Å². The third-order valence-electron chi connectivity index (χ3n) is 2.51. The van der Waals surface area contributed by atoms with Gasteiger partial charge in [-0.3, -0.25) is 9.68 Å². The van der Waals surface area contributed by atoms with Crippen molar-refractivity contribution in [3.05, 3.63) is 71.8 Å². The fraction of sp³-hybridized carbons (Fsp3) is 0.200. The average molecular weight is 243 g/mol. The Kier molecular flexibility index (Phi) is 4.90. The second-order valence-corrected chi connectivity index (χ2v) is 3.96. The largest absolute Gasteiger partial charge is 0.270 e. The van der Waals surface area contributed by atoms with Crippen molar-refractivity contribution in [2.45, 2.75) is 13.2 Å². The molecule has 0 heterocycles. The van der Waals surface area contributed by atoms with Crippen LogP contribution in [0.4, 0.5) is 0 Å². The normalized spacial score (nSPS) is 10.8. The van der Waals surface area contributed by atoms with Crippen LogP contribution in [0.1, 0.15) is 11.1 Å². The van der Waals surface area contributed by atoms with E-state index in [1.807, 2.05) is 60.7 Å². The van der Waals surface area contributed by atoms with Crippen molar-refractivity contribution in [3.63, 3.8) is 0 Å². The minimum atomic E-state index is 0.506. The quantitative estimate of drug-likeness (QED) is 0.727. The Morgan fingerprint density at radius 2 is 1.11 bits per heavy atom. The summed E-state index contributed by atoms with van der Waals surface area (Å²) < 4.78 is 0. The van der Waals surface area contributed by atoms with E-state index in [2.05, 4.69) is 0 Å². The van der Waals surface area contributed by atoms with Crippen LogP contribution in [0, 0.1) is 0 Å². The Labute approximate surface area is 107 Å². The highest BCUT2D eigenvalue weighted by Gasteiger charge is 2.00. The minimum Gasteiger partial charge on any atom is -0.270 e. The summed E-state index contributed by atoms with van der Waals surface area (Å²) in [5.41, 5.74) is 2.24. The molecular formula is C15H17NO2. The molecule has 3 heteroatoms. The molecule has 2 rings (SSSR count). The molecule has 0 radical (unpaired) electrons. The molecule has 0 aliphatic carbocycles. The molecule has 0 unspecified atom stereocenters. The molecular weight excluding hydrogens is 226 g/mol. The second-order valence-electron chi connectivity index (χ2n) is 3.96. The molecule has 0 N–H and O–H groups in total. The molecule has 0 bridgehead atoms. The van der Waals surface area contributed by atoms with E-state index < -0.39 is 0 Å². The van der Waals surface area contributed by atoms with Gasteiger partial charge in [0.05, 0.1) is 13.2 Å². The lowest BCUT2D eigenvalue weighted by atomic mass is 10.2. The third kappa shape index (κ3) is 4.30. The van der Waals surface area contributed by atoms with E-state index in [0.717, 1.165) is 11.1 Å². The van der Waals surface area contributed by atoms with Crippen LogP contribution in [0.3, 0.4) is 0 Å². The zero-order valence-corrected chi connectivity index (χ0v) is 10.5. The van der Waals surface area contributed by atoms with Crippen molar-refractivity contribution in [1.29, 1.82) is 0 Å². The summed E-state index contributed by atoms with van der Waals surface area (Å²) in [7, 11) is 1.76. The Hall–Kier alpha value is -1.68. The maximum atomic E-state index is 5.46. The van der Waals surface area contributed by atoms with Gasteiger partial charge in [-0.2, -0.15) is 0 Å². The Balaban J connectivity index is 1.71. The number of nitrogens with zero attached hydrogens (tertiary/aromatic N) is 1. The highest BCUT2D eigenvalue weighted by molar-refractivity contribution is 5.14. The molecule has 3 nitrogen and oxygen atoms in total. The van der Waals surface area contributed by atoms with Crippen LogP contribution in [0.2, 0.25) is 0 Å². The second kappa shape index (κ2) is 6.91. The van der Waals surface area contributed by atoms with Crippen LogP contribution >= 0.6 is 0 Å². The zero-order chi connectivity index (χ0) is 12.6. The molecule has 0 aromatic heterocycles. The molecule has 0 atom stereocenters. The van der Waals surface area contributed by atoms with Crippen molar-refractivity contribution in [2.75, 3.05) is 7.05 Å². The fourth-order valence-electron chi connectivity index (χ4n) is 1.52. The van der Waals surface area contributed by atoms with E-state index >= 15 is 0 Å². The molecule has 2 aromatic rings. The predicted molar refractivity (Wildman–Crippen MR) is 70.2 cm³/mol. The summed E-state index contributed by atoms with van der Waals surface area (Å²) >= 11 is 0. The maximum absolute atomic E-state index is 5.46. The number of benzene rings is 2. The molecule has 18 heavy (non-hydrogen) atoms. The molecule has 0 aliphatic heterocycles. The van der Waals surface area contributed by atoms with E-state index in [9.17, 15) is 0 Å². The highest BCUT2D eigenvalue weighted by atomic mass is 16.9. The molecule has 0 saturated carbocycles. The first-order valence-corrected chi connectivity index (χ1v) is 5.92. The molecule has 94 valence electrons. The van der Waals surface area contributed by atoms with E-state index in [4.69, 9.17) is 9.68 Å². The average Bonchev–Trinajstić information content (AvgIpc) is 2.45. The van der Waals surface area contributed by atoms with Crippen molar-refractivity contribution < 1.29 is 9.68 Å². The lowest BCUT2D eigenvalue weighted by Crippen LogP contribution is -2.19. The van der Waals surface area contributed by atoms with Crippen LogP contribution in [-0.2, 0) is 22.9 Å². The van der Waals surface area contributed by atoms with Crippen molar-refractivity contribution >= 4 is 0 Å². The monoisotopic (exact) mass is 243 g/mol. The Morgan fingerprint density at radius 1 is 0.722 bits per heavy atom. The van der Waals surface area contributed by atoms with Gasteiger partial charge < -0.3 is 0 Å². The van der Waals surface area contributed by atoms with Gasteiger partial charge in [-0.05, 0) is 11.1 Å². The van der Waals surface area contributed by atoms with Crippen LogP contribution < -0.4 is 0 Å². The first-order valence-electron chi connectivity index (χ1n) is 5.92. The van der Waals surface area contributed by atoms with Gasteiger partial charge in [0.2, 0.25) is 0 Å². The Morgan fingerprint density at radius 3 is 1.50 bits per heavy atom. The molecule has 2 aromatic carbocycles. The molecule has 0 fully saturated rings. The van der Waals surface area contributed by atoms with Crippen molar-refractivity contribution in [3.8, 4) is 0 Å². The first-order chi connectivity index (χ1) is 8.84. The van der Waals surface area contributed by atoms with Gasteiger partial charge in [-0.25, -0.2) is 0 Å². The topological polar surface area (TPSA) is 21.7 Å². The van der Waals surface area contributed by atoms with Crippen LogP contribution in [0.5, 0.6) is 0 Å². The van der Waals surface area contributed by atoms with Crippen LogP contribution in [0.25, 0.3) is 0 Å². The molecule has 0 aliphatic rings. The Bertz CT molecular complexity index is 401. The van der Waals surface area contributed by atoms with Gasteiger partial charge in [0.25, 0.3) is 0 Å². The van der Waals surface area contributed by atoms with E-state index in [1.54, 1.807) is 7.05 Å². The maximum Gasteiger partial charge on any atom is 0.0962 e. The number of hydrogen-bond acceptors (Lipinski definition) is 3. The van der Waals surface area contributed by atoms with Gasteiger partial charge in [0.1, 0.15) is 0 Å². The van der Waals surface area contributed by atoms with Gasteiger partial charge in [-0.15, -0.1) is 0 Å². The van der Waals surface area contributed by atoms with Crippen molar-refractivity contribution in [1.82, 2.24) is 5.23 Å². The fourth-order valence-corrected chi connectivity index (χ4v) is 1.52. The van der Waals surface area contributed by atoms with Gasteiger partial charge >= 0.3 is 0 Å². The zero-order valence-electron chi connectivity index (χ0n) is 10.5. The summed E-state index contributed by atoms with van der Waals surface area (Å²) in [4.78, 5) is 10.9. The van der Waals surface area contributed by atoms with Crippen molar-refractivity contribution in [2.24, 2.45) is 0 Å². The first kappa shape index (κ1) is 12.8. The SMILES string of the molecule is CN(OCc1ccccc1)OCc1ccccc1.